The van der Waals surface area contributed by atoms with Crippen LogP contribution < -0.4 is 0 Å². The molecule has 0 radical (unpaired) electrons. The summed E-state index contributed by atoms with van der Waals surface area (Å²) in [6, 6.07) is 0.927. The van der Waals surface area contributed by atoms with Gasteiger partial charge >= 0.3 is 5.97 Å². The number of nitrogens with zero attached hydrogens (tertiary/aromatic N) is 5. The second-order valence-electron chi connectivity index (χ2n) is 9.55. The highest BCUT2D eigenvalue weighted by molar-refractivity contribution is 5.96. The van der Waals surface area contributed by atoms with Gasteiger partial charge < -0.3 is 4.74 Å². The molecule has 1 atom stereocenters. The van der Waals surface area contributed by atoms with Gasteiger partial charge in [-0.2, -0.15) is 9.49 Å². The molecular weight excluding hydrogens is 463 g/mol. The van der Waals surface area contributed by atoms with E-state index in [0.717, 1.165) is 12.3 Å². The Morgan fingerprint density at radius 3 is 2.46 bits per heavy atom. The highest BCUT2D eigenvalue weighted by Gasteiger charge is 2.69. The summed E-state index contributed by atoms with van der Waals surface area (Å²) in [6.07, 6.45) is 5.39. The van der Waals surface area contributed by atoms with E-state index in [1.807, 2.05) is 0 Å². The third-order valence-electron chi connectivity index (χ3n) is 6.78. The number of halogens is 3. The molecule has 3 heterocycles. The van der Waals surface area contributed by atoms with Crippen molar-refractivity contribution in [2.75, 3.05) is 0 Å². The molecule has 3 saturated carbocycles. The monoisotopic (exact) mass is 485 g/mol. The van der Waals surface area contributed by atoms with Crippen molar-refractivity contribution >= 4 is 11.8 Å². The summed E-state index contributed by atoms with van der Waals surface area (Å²) in [5, 5.41) is 4.15. The lowest BCUT2D eigenvalue weighted by Gasteiger charge is -2.65. The standard InChI is InChI=1S/C24H22F3N5O3/c1-13(16-3-15(25)8-28-21(16)26)35-20(34)4-18-17(9-31-32(18)2)22-29-6-14(7-30-22)19(33)5-23-10-24(27,11-23)12-23/h3,6-9,13H,4-5,10-12H2,1-2H3/t13-,23?,24?/m1/s1. The number of Topliss-reactive ketones (excluding diaryl/α,β-unsaturated/α-hetero) is 1. The average molecular weight is 485 g/mol. The van der Waals surface area contributed by atoms with Crippen LogP contribution in [0.1, 0.15) is 60.3 Å². The van der Waals surface area contributed by atoms with Crippen molar-refractivity contribution < 1.29 is 27.5 Å². The number of aromatic nitrogens is 5. The number of ketones is 1. The number of hydrogen-bond donors (Lipinski definition) is 0. The molecule has 2 bridgehead atoms. The van der Waals surface area contributed by atoms with E-state index in [9.17, 15) is 22.8 Å². The molecule has 11 heteroatoms. The number of pyridine rings is 1. The van der Waals surface area contributed by atoms with Crippen molar-refractivity contribution in [3.8, 4) is 11.4 Å². The van der Waals surface area contributed by atoms with Crippen LogP contribution in [0.2, 0.25) is 0 Å². The molecule has 3 aliphatic carbocycles. The molecular formula is C24H22F3N5O3. The molecule has 3 fully saturated rings. The maximum absolute atomic E-state index is 13.9. The Kier molecular flexibility index (Phi) is 5.45. The first-order valence-electron chi connectivity index (χ1n) is 11.1. The fourth-order valence-electron chi connectivity index (χ4n) is 5.12. The number of alkyl halides is 1. The van der Waals surface area contributed by atoms with Crippen LogP contribution in [-0.2, 0) is 23.0 Å². The van der Waals surface area contributed by atoms with Crippen molar-refractivity contribution in [2.24, 2.45) is 12.5 Å². The zero-order valence-corrected chi connectivity index (χ0v) is 19.1. The highest BCUT2D eigenvalue weighted by Crippen LogP contribution is 2.71. The molecule has 0 N–H and O–H groups in total. The van der Waals surface area contributed by atoms with Gasteiger partial charge in [-0.3, -0.25) is 14.3 Å². The predicted molar refractivity (Wildman–Crippen MR) is 116 cm³/mol. The van der Waals surface area contributed by atoms with Gasteiger partial charge in [0.25, 0.3) is 0 Å². The van der Waals surface area contributed by atoms with Crippen LogP contribution in [0.5, 0.6) is 0 Å². The number of esters is 1. The summed E-state index contributed by atoms with van der Waals surface area (Å²) >= 11 is 0. The van der Waals surface area contributed by atoms with Gasteiger partial charge in [-0.15, -0.1) is 0 Å². The lowest BCUT2D eigenvalue weighted by atomic mass is 9.41. The number of aryl methyl sites for hydroxylation is 1. The van der Waals surface area contributed by atoms with Crippen LogP contribution in [0.15, 0.2) is 30.9 Å². The van der Waals surface area contributed by atoms with Gasteiger partial charge in [0.1, 0.15) is 17.6 Å². The fraction of sp³-hybridized carbons (Fsp3) is 0.417. The SMILES string of the molecule is C[C@@H](OC(=O)Cc1c(-c2ncc(C(=O)CC34CC(F)(C3)C4)cn2)cnn1C)c1cc(F)cnc1F. The van der Waals surface area contributed by atoms with Crippen LogP contribution in [0.25, 0.3) is 11.4 Å². The molecule has 0 saturated heterocycles. The molecule has 0 spiro atoms. The first-order chi connectivity index (χ1) is 16.6. The minimum atomic E-state index is -1.06. The predicted octanol–water partition coefficient (Wildman–Crippen LogP) is 3.86. The summed E-state index contributed by atoms with van der Waals surface area (Å²) in [5.74, 6) is -2.22. The van der Waals surface area contributed by atoms with Crippen LogP contribution in [0.3, 0.4) is 0 Å². The van der Waals surface area contributed by atoms with E-state index >= 15 is 0 Å². The van der Waals surface area contributed by atoms with Crippen molar-refractivity contribution in [3.05, 3.63) is 59.4 Å². The summed E-state index contributed by atoms with van der Waals surface area (Å²) in [4.78, 5) is 37.0. The number of rotatable bonds is 8. The Morgan fingerprint density at radius 2 is 1.80 bits per heavy atom. The maximum Gasteiger partial charge on any atom is 0.312 e. The quantitative estimate of drug-likeness (QED) is 0.271. The molecule has 3 aromatic heterocycles. The topological polar surface area (TPSA) is 99.9 Å². The third kappa shape index (κ3) is 4.30. The van der Waals surface area contributed by atoms with Crippen molar-refractivity contribution in [1.29, 1.82) is 0 Å². The highest BCUT2D eigenvalue weighted by atomic mass is 19.1. The molecule has 0 amide bonds. The molecule has 8 nitrogen and oxygen atoms in total. The Hall–Kier alpha value is -3.63. The molecule has 35 heavy (non-hydrogen) atoms. The van der Waals surface area contributed by atoms with E-state index < -0.39 is 29.5 Å². The van der Waals surface area contributed by atoms with E-state index in [0.29, 0.717) is 36.1 Å². The number of carbonyl (C=O) groups excluding carboxylic acids is 2. The minimum absolute atomic E-state index is 0.124. The lowest BCUT2D eigenvalue weighted by molar-refractivity contribution is -0.210. The van der Waals surface area contributed by atoms with Crippen LogP contribution in [0.4, 0.5) is 13.2 Å². The normalized spacial score (nSPS) is 23.2. The van der Waals surface area contributed by atoms with Crippen LogP contribution in [0, 0.1) is 17.2 Å². The van der Waals surface area contributed by atoms with E-state index in [4.69, 9.17) is 4.74 Å². The first kappa shape index (κ1) is 23.1. The van der Waals surface area contributed by atoms with Gasteiger partial charge in [0.15, 0.2) is 11.6 Å². The smallest absolute Gasteiger partial charge is 0.312 e. The number of hydrogen-bond acceptors (Lipinski definition) is 7. The largest absolute Gasteiger partial charge is 0.457 e. The third-order valence-corrected chi connectivity index (χ3v) is 6.78. The Balaban J connectivity index is 1.26. The van der Waals surface area contributed by atoms with Gasteiger partial charge in [-0.1, -0.05) is 0 Å². The zero-order valence-electron chi connectivity index (χ0n) is 19.1. The van der Waals surface area contributed by atoms with E-state index in [1.165, 1.54) is 30.2 Å². The summed E-state index contributed by atoms with van der Waals surface area (Å²) in [5.41, 5.74) is -0.181. The summed E-state index contributed by atoms with van der Waals surface area (Å²) in [7, 11) is 1.63. The van der Waals surface area contributed by atoms with Crippen molar-refractivity contribution in [3.63, 3.8) is 0 Å². The fourth-order valence-corrected chi connectivity index (χ4v) is 5.12. The Labute approximate surface area is 198 Å². The first-order valence-corrected chi connectivity index (χ1v) is 11.1. The Bertz CT molecular complexity index is 1300. The van der Waals surface area contributed by atoms with E-state index in [-0.39, 0.29) is 35.4 Å². The van der Waals surface area contributed by atoms with Gasteiger partial charge in [0, 0.05) is 25.9 Å². The van der Waals surface area contributed by atoms with E-state index in [2.05, 4.69) is 20.1 Å². The molecule has 6 rings (SSSR count). The zero-order chi connectivity index (χ0) is 25.0. The molecule has 0 unspecified atom stereocenters. The van der Waals surface area contributed by atoms with Crippen molar-refractivity contribution in [1.82, 2.24) is 24.7 Å². The second-order valence-corrected chi connectivity index (χ2v) is 9.55. The van der Waals surface area contributed by atoms with E-state index in [1.54, 1.807) is 7.05 Å². The maximum atomic E-state index is 13.9. The van der Waals surface area contributed by atoms with Gasteiger partial charge in [-0.05, 0) is 37.7 Å². The Morgan fingerprint density at radius 1 is 1.11 bits per heavy atom. The van der Waals surface area contributed by atoms with Crippen LogP contribution >= 0.6 is 0 Å². The molecule has 3 aromatic rings. The minimum Gasteiger partial charge on any atom is -0.457 e. The number of carbonyl (C=O) groups is 2. The second kappa shape index (κ2) is 8.24. The summed E-state index contributed by atoms with van der Waals surface area (Å²) in [6.45, 7) is 1.42. The number of ether oxygens (including phenoxy) is 1. The van der Waals surface area contributed by atoms with Gasteiger partial charge in [0.05, 0.1) is 41.2 Å². The molecule has 182 valence electrons. The van der Waals surface area contributed by atoms with Crippen molar-refractivity contribution in [2.45, 2.75) is 50.8 Å². The average Bonchev–Trinajstić information content (AvgIpc) is 3.13. The van der Waals surface area contributed by atoms with Crippen LogP contribution in [-0.4, -0.2) is 42.2 Å². The van der Waals surface area contributed by atoms with Gasteiger partial charge in [0.2, 0.25) is 5.95 Å². The molecule has 0 aromatic carbocycles. The molecule has 0 aliphatic heterocycles. The molecule has 3 aliphatic rings. The lowest BCUT2D eigenvalue weighted by Crippen LogP contribution is -2.64. The summed E-state index contributed by atoms with van der Waals surface area (Å²) < 4.78 is 47.7. The van der Waals surface area contributed by atoms with Gasteiger partial charge in [-0.25, -0.2) is 23.7 Å².